The molecule has 3 aromatic heterocycles. The summed E-state index contributed by atoms with van der Waals surface area (Å²) in [6.45, 7) is 5.05. The maximum Gasteiger partial charge on any atom is 0.416 e. The van der Waals surface area contributed by atoms with E-state index in [0.717, 1.165) is 18.3 Å². The van der Waals surface area contributed by atoms with Crippen molar-refractivity contribution in [3.8, 4) is 11.3 Å². The highest BCUT2D eigenvalue weighted by molar-refractivity contribution is 6.04. The van der Waals surface area contributed by atoms with Crippen LogP contribution in [-0.4, -0.2) is 59.4 Å². The second-order valence-corrected chi connectivity index (χ2v) is 11.1. The largest absolute Gasteiger partial charge is 0.416 e. The summed E-state index contributed by atoms with van der Waals surface area (Å²) in [6.07, 6.45) is 0.722. The Bertz CT molecular complexity index is 1710. The molecule has 0 radical (unpaired) electrons. The summed E-state index contributed by atoms with van der Waals surface area (Å²) in [4.78, 5) is 39.9. The number of pyridine rings is 1. The number of aromatic nitrogens is 4. The van der Waals surface area contributed by atoms with Crippen LogP contribution in [-0.2, 0) is 11.0 Å². The number of carbonyl (C=O) groups excluding carboxylic acids is 2. The van der Waals surface area contributed by atoms with Gasteiger partial charge < -0.3 is 21.1 Å². The third kappa shape index (κ3) is 5.87. The molecule has 0 aliphatic carbocycles. The Hall–Kier alpha value is -4.59. The highest BCUT2D eigenvalue weighted by atomic mass is 19.4. The number of nitrogens with two attached hydrogens (primary N) is 1. The van der Waals surface area contributed by atoms with Crippen molar-refractivity contribution >= 4 is 29.0 Å². The summed E-state index contributed by atoms with van der Waals surface area (Å²) < 4.78 is 56.4. The Balaban J connectivity index is 1.47. The van der Waals surface area contributed by atoms with E-state index in [1.54, 1.807) is 15.5 Å². The predicted octanol–water partition coefficient (Wildman–Crippen LogP) is 4.65. The van der Waals surface area contributed by atoms with Crippen molar-refractivity contribution in [1.29, 1.82) is 0 Å². The number of halogens is 4. The van der Waals surface area contributed by atoms with Gasteiger partial charge in [-0.3, -0.25) is 14.0 Å². The molecule has 4 N–H and O–H groups in total. The fourth-order valence-corrected chi connectivity index (χ4v) is 5.23. The minimum atomic E-state index is -4.63. The number of piperidine rings is 1. The molecule has 0 saturated carbocycles. The number of nitrogens with zero attached hydrogens (tertiary/aromatic N) is 5. The molecule has 0 bridgehead atoms. The normalized spacial score (nSPS) is 17.7. The van der Waals surface area contributed by atoms with Gasteiger partial charge in [0, 0.05) is 48.2 Å². The SMILES string of the molecule is C[C@H]1CC[C@@H](c2nc(-c3ccc(C(=O)Nc4cc(C(F)(F)F)ccn4)cc3F)c3c(N)nccn23)CN1C(=O)C(C)(C)O. The fourth-order valence-electron chi connectivity index (χ4n) is 5.23. The molecule has 10 nitrogen and oxygen atoms in total. The maximum atomic E-state index is 15.6. The van der Waals surface area contributed by atoms with Gasteiger partial charge in [-0.1, -0.05) is 0 Å². The summed E-state index contributed by atoms with van der Waals surface area (Å²) in [5.41, 5.74) is 4.02. The van der Waals surface area contributed by atoms with Crippen LogP contribution in [0.4, 0.5) is 29.2 Å². The first-order chi connectivity index (χ1) is 20.1. The molecule has 1 saturated heterocycles. The molecule has 1 aliphatic rings. The minimum Gasteiger partial charge on any atom is -0.382 e. The molecule has 4 aromatic rings. The average Bonchev–Trinajstić information content (AvgIpc) is 3.33. The molecule has 1 aromatic carbocycles. The van der Waals surface area contributed by atoms with Crippen LogP contribution in [0.15, 0.2) is 48.9 Å². The number of aliphatic hydroxyl groups is 1. The quantitative estimate of drug-likeness (QED) is 0.284. The van der Waals surface area contributed by atoms with E-state index in [-0.39, 0.29) is 47.0 Å². The predicted molar refractivity (Wildman–Crippen MR) is 149 cm³/mol. The van der Waals surface area contributed by atoms with Crippen LogP contribution >= 0.6 is 0 Å². The Morgan fingerprint density at radius 3 is 2.51 bits per heavy atom. The first kappa shape index (κ1) is 29.9. The molecular weight excluding hydrogens is 570 g/mol. The number of alkyl halides is 3. The lowest BCUT2D eigenvalue weighted by atomic mass is 9.91. The van der Waals surface area contributed by atoms with Gasteiger partial charge in [0.1, 0.15) is 40.1 Å². The summed E-state index contributed by atoms with van der Waals surface area (Å²) in [5.74, 6) is -2.09. The summed E-state index contributed by atoms with van der Waals surface area (Å²) in [5, 5.41) is 12.6. The second-order valence-electron chi connectivity index (χ2n) is 11.1. The van der Waals surface area contributed by atoms with Gasteiger partial charge in [0.15, 0.2) is 0 Å². The lowest BCUT2D eigenvalue weighted by molar-refractivity contribution is -0.151. The van der Waals surface area contributed by atoms with Gasteiger partial charge in [-0.15, -0.1) is 0 Å². The Labute approximate surface area is 243 Å². The van der Waals surface area contributed by atoms with Gasteiger partial charge in [0.25, 0.3) is 11.8 Å². The molecule has 43 heavy (non-hydrogen) atoms. The first-order valence-corrected chi connectivity index (χ1v) is 13.5. The van der Waals surface area contributed by atoms with Crippen molar-refractivity contribution < 1.29 is 32.3 Å². The monoisotopic (exact) mass is 599 g/mol. The average molecular weight is 600 g/mol. The van der Waals surface area contributed by atoms with E-state index in [1.165, 1.54) is 32.2 Å². The third-order valence-corrected chi connectivity index (χ3v) is 7.46. The van der Waals surface area contributed by atoms with Crippen LogP contribution in [0.3, 0.4) is 0 Å². The number of carbonyl (C=O) groups is 2. The second kappa shape index (κ2) is 10.9. The topological polar surface area (TPSA) is 139 Å². The zero-order chi connectivity index (χ0) is 31.3. The van der Waals surface area contributed by atoms with Gasteiger partial charge in [-0.2, -0.15) is 13.2 Å². The lowest BCUT2D eigenvalue weighted by Gasteiger charge is -2.40. The van der Waals surface area contributed by atoms with Gasteiger partial charge in [0.05, 0.1) is 5.56 Å². The van der Waals surface area contributed by atoms with Crippen LogP contribution in [0.1, 0.15) is 61.3 Å². The van der Waals surface area contributed by atoms with Crippen molar-refractivity contribution in [2.24, 2.45) is 0 Å². The highest BCUT2D eigenvalue weighted by Gasteiger charge is 2.38. The van der Waals surface area contributed by atoms with Crippen molar-refractivity contribution in [3.63, 3.8) is 0 Å². The zero-order valence-corrected chi connectivity index (χ0v) is 23.5. The molecule has 226 valence electrons. The Morgan fingerprint density at radius 1 is 1.09 bits per heavy atom. The highest BCUT2D eigenvalue weighted by Crippen LogP contribution is 2.37. The van der Waals surface area contributed by atoms with E-state index in [9.17, 15) is 27.9 Å². The number of likely N-dealkylation sites (tertiary alicyclic amines) is 1. The van der Waals surface area contributed by atoms with Crippen LogP contribution < -0.4 is 11.1 Å². The molecule has 1 fully saturated rings. The van der Waals surface area contributed by atoms with Crippen LogP contribution in [0.25, 0.3) is 16.8 Å². The molecule has 0 spiro atoms. The minimum absolute atomic E-state index is 0.0193. The van der Waals surface area contributed by atoms with Crippen LogP contribution in [0, 0.1) is 5.82 Å². The van der Waals surface area contributed by atoms with Crippen molar-refractivity contribution in [3.05, 3.63) is 71.7 Å². The molecule has 0 unspecified atom stereocenters. The lowest BCUT2D eigenvalue weighted by Crippen LogP contribution is -2.52. The van der Waals surface area contributed by atoms with E-state index in [2.05, 4.69) is 15.3 Å². The third-order valence-electron chi connectivity index (χ3n) is 7.46. The number of nitrogen functional groups attached to an aromatic ring is 1. The van der Waals surface area contributed by atoms with Gasteiger partial charge in [0.2, 0.25) is 0 Å². The van der Waals surface area contributed by atoms with E-state index in [0.29, 0.717) is 30.2 Å². The van der Waals surface area contributed by atoms with Crippen LogP contribution in [0.2, 0.25) is 0 Å². The zero-order valence-electron chi connectivity index (χ0n) is 23.5. The van der Waals surface area contributed by atoms with Crippen molar-refractivity contribution in [2.45, 2.75) is 57.3 Å². The summed E-state index contributed by atoms with van der Waals surface area (Å²) in [6, 6.07) is 4.93. The van der Waals surface area contributed by atoms with E-state index in [4.69, 9.17) is 10.7 Å². The molecule has 1 aliphatic heterocycles. The number of hydrogen-bond donors (Lipinski definition) is 3. The van der Waals surface area contributed by atoms with Crippen LogP contribution in [0.5, 0.6) is 0 Å². The van der Waals surface area contributed by atoms with Crippen molar-refractivity contribution in [2.75, 3.05) is 17.6 Å². The van der Waals surface area contributed by atoms with Gasteiger partial charge in [-0.25, -0.2) is 19.3 Å². The molecule has 4 heterocycles. The molecular formula is C29H29F4N7O3. The summed E-state index contributed by atoms with van der Waals surface area (Å²) in [7, 11) is 0. The maximum absolute atomic E-state index is 15.6. The van der Waals surface area contributed by atoms with Gasteiger partial charge in [-0.05, 0) is 63.9 Å². The standard InChI is InChI=1S/C29H29F4N7O3/c1-15-4-5-17(14-40(15)27(42)28(2,3)43)25-38-22(23-24(34)36-10-11-39(23)25)19-7-6-16(12-20(19)30)26(41)37-21-13-18(8-9-35-21)29(31,32)33/h6-13,15,17,43H,4-5,14H2,1-3H3,(H2,34,36)(H,35,37,41)/t15-,17+/m0/s1. The van der Waals surface area contributed by atoms with E-state index < -0.39 is 35.0 Å². The smallest absolute Gasteiger partial charge is 0.382 e. The number of anilines is 2. The molecule has 2 amide bonds. The van der Waals surface area contributed by atoms with E-state index in [1.807, 2.05) is 6.92 Å². The number of amides is 2. The van der Waals surface area contributed by atoms with Gasteiger partial charge >= 0.3 is 6.18 Å². The number of nitrogens with one attached hydrogen (secondary N) is 1. The van der Waals surface area contributed by atoms with Crippen molar-refractivity contribution in [1.82, 2.24) is 24.3 Å². The molecule has 2 atom stereocenters. The molecule has 5 rings (SSSR count). The summed E-state index contributed by atoms with van der Waals surface area (Å²) >= 11 is 0. The Kier molecular flexibility index (Phi) is 7.59. The number of hydrogen-bond acceptors (Lipinski definition) is 7. The van der Waals surface area contributed by atoms with E-state index >= 15 is 4.39 Å². The number of imidazole rings is 1. The molecule has 14 heteroatoms. The first-order valence-electron chi connectivity index (χ1n) is 13.5. The number of fused-ring (bicyclic) bond motifs is 1. The number of benzene rings is 1. The fraction of sp³-hybridized carbons (Fsp3) is 0.345. The number of rotatable bonds is 5. The Morgan fingerprint density at radius 2 is 1.84 bits per heavy atom.